The van der Waals surface area contributed by atoms with Gasteiger partial charge in [-0.3, -0.25) is 0 Å². The largest absolute Gasteiger partial charge is 0.462 e. The number of hydrogen-bond donors (Lipinski definition) is 2. The Morgan fingerprint density at radius 3 is 2.55 bits per heavy atom. The van der Waals surface area contributed by atoms with E-state index in [-0.39, 0.29) is 18.0 Å². The van der Waals surface area contributed by atoms with Crippen molar-refractivity contribution >= 4 is 46.9 Å². The molecule has 0 bridgehead atoms. The minimum Gasteiger partial charge on any atom is -0.462 e. The quantitative estimate of drug-likeness (QED) is 0.435. The van der Waals surface area contributed by atoms with Crippen molar-refractivity contribution in [1.29, 1.82) is 0 Å². The van der Waals surface area contributed by atoms with Gasteiger partial charge in [0.2, 0.25) is 0 Å². The van der Waals surface area contributed by atoms with Crippen LogP contribution in [0.25, 0.3) is 0 Å². The fraction of sp³-hybridized carbons (Fsp3) is 0.150. The summed E-state index contributed by atoms with van der Waals surface area (Å²) < 4.78 is 6.04. The Balaban J connectivity index is 1.90. The number of nitrogens with two attached hydrogens (primary N) is 1. The second-order valence-corrected chi connectivity index (χ2v) is 7.25. The Morgan fingerprint density at radius 2 is 1.86 bits per heavy atom. The molecule has 1 heterocycles. The molecule has 0 unspecified atom stereocenters. The molecule has 3 rings (SSSR count). The van der Waals surface area contributed by atoms with E-state index in [4.69, 9.17) is 22.1 Å². The van der Waals surface area contributed by atoms with E-state index in [0.717, 1.165) is 10.2 Å². The highest BCUT2D eigenvalue weighted by Crippen LogP contribution is 2.30. The molecule has 1 aromatic heterocycles. The van der Waals surface area contributed by atoms with Crippen molar-refractivity contribution in [2.24, 2.45) is 0 Å². The van der Waals surface area contributed by atoms with E-state index in [1.54, 1.807) is 31.2 Å². The molecule has 7 nitrogen and oxygen atoms in total. The molecule has 0 saturated carbocycles. The van der Waals surface area contributed by atoms with Gasteiger partial charge in [0.25, 0.3) is 0 Å². The molecule has 29 heavy (non-hydrogen) atoms. The average molecular weight is 431 g/mol. The number of anilines is 2. The van der Waals surface area contributed by atoms with Gasteiger partial charge in [0.15, 0.2) is 0 Å². The minimum absolute atomic E-state index is 0.0714. The summed E-state index contributed by atoms with van der Waals surface area (Å²) >= 11 is 7.38. The molecule has 0 aliphatic heterocycles. The summed E-state index contributed by atoms with van der Waals surface area (Å²) in [5.41, 5.74) is 7.61. The molecule has 0 saturated heterocycles. The molecular weight excluding hydrogens is 412 g/mol. The predicted octanol–water partition coefficient (Wildman–Crippen LogP) is 4.67. The van der Waals surface area contributed by atoms with Crippen LogP contribution in [0.2, 0.25) is 5.02 Å². The van der Waals surface area contributed by atoms with Gasteiger partial charge in [0.1, 0.15) is 16.4 Å². The summed E-state index contributed by atoms with van der Waals surface area (Å²) in [6.07, 6.45) is 0. The number of carbonyl (C=O) groups is 2. The summed E-state index contributed by atoms with van der Waals surface area (Å²) in [4.78, 5) is 25.1. The normalized spacial score (nSPS) is 10.6. The zero-order chi connectivity index (χ0) is 20.8. The van der Waals surface area contributed by atoms with Crippen LogP contribution in [0.5, 0.6) is 0 Å². The van der Waals surface area contributed by atoms with E-state index in [9.17, 15) is 9.59 Å². The van der Waals surface area contributed by atoms with E-state index in [2.05, 4.69) is 10.4 Å². The standard InChI is InChI=1S/C20H19ClN4O3S/c1-2-28-19(26)16-17(22)25(20(27)23-15-11-7-6-10-14(15)21)24-18(16)29-12-13-8-4-3-5-9-13/h3-11H,2,12,22H2,1H3,(H,23,27). The van der Waals surface area contributed by atoms with Gasteiger partial charge in [0, 0.05) is 5.75 Å². The Kier molecular flexibility index (Phi) is 6.79. The fourth-order valence-electron chi connectivity index (χ4n) is 2.52. The highest BCUT2D eigenvalue weighted by Gasteiger charge is 2.26. The molecule has 3 N–H and O–H groups in total. The molecule has 0 atom stereocenters. The number of rotatable bonds is 6. The summed E-state index contributed by atoms with van der Waals surface area (Å²) in [6.45, 7) is 1.87. The number of carbonyl (C=O) groups excluding carboxylic acids is 2. The Labute approximate surface area is 177 Å². The van der Waals surface area contributed by atoms with E-state index >= 15 is 0 Å². The SMILES string of the molecule is CCOC(=O)c1c(SCc2ccccc2)nn(C(=O)Nc2ccccc2Cl)c1N. The van der Waals surface area contributed by atoms with Gasteiger partial charge in [-0.25, -0.2) is 9.59 Å². The van der Waals surface area contributed by atoms with Gasteiger partial charge < -0.3 is 15.8 Å². The number of esters is 1. The smallest absolute Gasteiger partial charge is 0.348 e. The van der Waals surface area contributed by atoms with Gasteiger partial charge in [-0.15, -0.1) is 0 Å². The van der Waals surface area contributed by atoms with Crippen LogP contribution in [-0.2, 0) is 10.5 Å². The topological polar surface area (TPSA) is 99.2 Å². The van der Waals surface area contributed by atoms with Gasteiger partial charge in [-0.2, -0.15) is 9.78 Å². The van der Waals surface area contributed by atoms with Gasteiger partial charge in [0.05, 0.1) is 17.3 Å². The number of aromatic nitrogens is 2. The van der Waals surface area contributed by atoms with E-state index < -0.39 is 12.0 Å². The highest BCUT2D eigenvalue weighted by atomic mass is 35.5. The van der Waals surface area contributed by atoms with E-state index in [1.807, 2.05) is 30.3 Å². The van der Waals surface area contributed by atoms with Crippen molar-refractivity contribution in [1.82, 2.24) is 9.78 Å². The van der Waals surface area contributed by atoms with E-state index in [1.165, 1.54) is 11.8 Å². The minimum atomic E-state index is -0.632. The monoisotopic (exact) mass is 430 g/mol. The maximum absolute atomic E-state index is 12.7. The fourth-order valence-corrected chi connectivity index (χ4v) is 3.67. The first kappa shape index (κ1) is 20.8. The number of nitrogens with zero attached hydrogens (tertiary/aromatic N) is 2. The first-order valence-corrected chi connectivity index (χ1v) is 10.2. The Hall–Kier alpha value is -2.97. The molecule has 150 valence electrons. The number of hydrogen-bond acceptors (Lipinski definition) is 6. The average Bonchev–Trinajstić information content (AvgIpc) is 3.05. The van der Waals surface area contributed by atoms with Crippen molar-refractivity contribution < 1.29 is 14.3 Å². The second-order valence-electron chi connectivity index (χ2n) is 5.88. The molecule has 1 amide bonds. The van der Waals surface area contributed by atoms with Crippen LogP contribution >= 0.6 is 23.4 Å². The van der Waals surface area contributed by atoms with Crippen molar-refractivity contribution in [2.45, 2.75) is 17.7 Å². The number of halogens is 1. The first-order valence-electron chi connectivity index (χ1n) is 8.79. The maximum Gasteiger partial charge on any atom is 0.348 e. The summed E-state index contributed by atoms with van der Waals surface area (Å²) in [6, 6.07) is 15.8. The van der Waals surface area contributed by atoms with Crippen LogP contribution < -0.4 is 11.1 Å². The molecule has 2 aromatic carbocycles. The van der Waals surface area contributed by atoms with Crippen LogP contribution in [0, 0.1) is 0 Å². The molecule has 0 aliphatic rings. The lowest BCUT2D eigenvalue weighted by Crippen LogP contribution is -2.23. The molecule has 0 spiro atoms. The summed E-state index contributed by atoms with van der Waals surface area (Å²) in [5, 5.41) is 7.58. The van der Waals surface area contributed by atoms with Crippen molar-refractivity contribution in [3.63, 3.8) is 0 Å². The lowest BCUT2D eigenvalue weighted by atomic mass is 10.2. The van der Waals surface area contributed by atoms with E-state index in [0.29, 0.717) is 21.5 Å². The van der Waals surface area contributed by atoms with Crippen molar-refractivity contribution in [3.8, 4) is 0 Å². The third-order valence-electron chi connectivity index (χ3n) is 3.89. The molecule has 9 heteroatoms. The zero-order valence-electron chi connectivity index (χ0n) is 15.6. The van der Waals surface area contributed by atoms with Crippen molar-refractivity contribution in [3.05, 3.63) is 70.7 Å². The van der Waals surface area contributed by atoms with Gasteiger partial charge in [-0.05, 0) is 24.6 Å². The summed E-state index contributed by atoms with van der Waals surface area (Å²) in [7, 11) is 0. The number of ether oxygens (including phenoxy) is 1. The molecule has 0 radical (unpaired) electrons. The van der Waals surface area contributed by atoms with Crippen LogP contribution in [-0.4, -0.2) is 28.4 Å². The zero-order valence-corrected chi connectivity index (χ0v) is 17.2. The number of para-hydroxylation sites is 1. The van der Waals surface area contributed by atoms with Crippen LogP contribution in [0.15, 0.2) is 59.6 Å². The van der Waals surface area contributed by atoms with Crippen molar-refractivity contribution in [2.75, 3.05) is 17.7 Å². The lowest BCUT2D eigenvalue weighted by molar-refractivity contribution is 0.0523. The second kappa shape index (κ2) is 9.49. The molecule has 0 fully saturated rings. The number of thioether (sulfide) groups is 1. The maximum atomic E-state index is 12.7. The van der Waals surface area contributed by atoms with Crippen LogP contribution in [0.1, 0.15) is 22.8 Å². The predicted molar refractivity (Wildman–Crippen MR) is 114 cm³/mol. The number of nitrogens with one attached hydrogen (secondary N) is 1. The third-order valence-corrected chi connectivity index (χ3v) is 5.26. The molecular formula is C20H19ClN4O3S. The van der Waals surface area contributed by atoms with Crippen LogP contribution in [0.3, 0.4) is 0 Å². The molecule has 3 aromatic rings. The summed E-state index contributed by atoms with van der Waals surface area (Å²) in [5.74, 6) is -0.170. The number of nitrogen functional groups attached to an aromatic ring is 1. The Bertz CT molecular complexity index is 1020. The van der Waals surface area contributed by atoms with Gasteiger partial charge >= 0.3 is 12.0 Å². The highest BCUT2D eigenvalue weighted by molar-refractivity contribution is 7.98. The first-order chi connectivity index (χ1) is 14.0. The number of amides is 1. The molecule has 0 aliphatic carbocycles. The number of benzene rings is 2. The lowest BCUT2D eigenvalue weighted by Gasteiger charge is -2.07. The third kappa shape index (κ3) is 4.90. The van der Waals surface area contributed by atoms with Gasteiger partial charge in [-0.1, -0.05) is 65.8 Å². The van der Waals surface area contributed by atoms with Crippen LogP contribution in [0.4, 0.5) is 16.3 Å². The Morgan fingerprint density at radius 1 is 1.17 bits per heavy atom.